The van der Waals surface area contributed by atoms with Crippen molar-refractivity contribution in [3.63, 3.8) is 0 Å². The van der Waals surface area contributed by atoms with E-state index in [1.54, 1.807) is 0 Å². The Kier molecular flexibility index (Phi) is 5.69. The Morgan fingerprint density at radius 2 is 2.29 bits per heavy atom. The van der Waals surface area contributed by atoms with Crippen LogP contribution in [0.4, 0.5) is 4.20 Å². The number of alkyl halides is 1. The molecule has 0 saturated carbocycles. The van der Waals surface area contributed by atoms with Crippen molar-refractivity contribution in [1.29, 1.82) is 0 Å². The molecule has 0 bridgehead atoms. The largest absolute Gasteiger partial charge is 0.321 e. The van der Waals surface area contributed by atoms with Gasteiger partial charge in [0, 0.05) is 5.88 Å². The van der Waals surface area contributed by atoms with Gasteiger partial charge < -0.3 is 4.52 Å². The molecule has 1 atom stereocenters. The minimum absolute atomic E-state index is 0.188. The average molecular weight is 165 g/mol. The van der Waals surface area contributed by atoms with Crippen molar-refractivity contribution < 1.29 is 8.72 Å². The fourth-order valence-corrected chi connectivity index (χ4v) is 0.725. The van der Waals surface area contributed by atoms with Gasteiger partial charge >= 0.3 is 7.81 Å². The minimum atomic E-state index is -2.22. The van der Waals surface area contributed by atoms with Crippen molar-refractivity contribution in [2.75, 3.05) is 12.5 Å². The van der Waals surface area contributed by atoms with Gasteiger partial charge in [-0.05, 0) is 11.2 Å². The lowest BCUT2D eigenvalue weighted by Gasteiger charge is -1.94. The molecule has 0 radical (unpaired) electrons. The van der Waals surface area contributed by atoms with Crippen LogP contribution >= 0.6 is 30.7 Å². The Labute approximate surface area is 52.5 Å². The predicted octanol–water partition coefficient (Wildman–Crippen LogP) is 2.68. The Morgan fingerprint density at radius 1 is 1.71 bits per heavy atom. The highest BCUT2D eigenvalue weighted by Crippen LogP contribution is 2.43. The van der Waals surface area contributed by atoms with Gasteiger partial charge in [-0.15, -0.1) is 11.6 Å². The third kappa shape index (κ3) is 6.90. The van der Waals surface area contributed by atoms with E-state index in [1.165, 1.54) is 0 Å². The SMILES string of the molecule is FP(Cl)OCCCl. The van der Waals surface area contributed by atoms with E-state index < -0.39 is 7.81 Å². The van der Waals surface area contributed by atoms with Crippen molar-refractivity contribution in [2.24, 2.45) is 0 Å². The maximum atomic E-state index is 11.4. The molecule has 0 aromatic carbocycles. The molecule has 0 aliphatic carbocycles. The summed E-state index contributed by atoms with van der Waals surface area (Å²) in [4.78, 5) is 0. The highest BCUT2D eigenvalue weighted by atomic mass is 35.7. The quantitative estimate of drug-likeness (QED) is 0.461. The molecule has 0 aliphatic rings. The molecule has 0 N–H and O–H groups in total. The summed E-state index contributed by atoms with van der Waals surface area (Å²) in [5.74, 6) is 0.287. The monoisotopic (exact) mass is 164 g/mol. The second kappa shape index (κ2) is 5.04. The summed E-state index contributed by atoms with van der Waals surface area (Å²) in [5, 5.41) is 0. The molecular weight excluding hydrogens is 161 g/mol. The van der Waals surface area contributed by atoms with Gasteiger partial charge in [0.15, 0.2) is 0 Å². The molecular formula is C2H4Cl2FOP. The molecule has 1 nitrogen and oxygen atoms in total. The summed E-state index contributed by atoms with van der Waals surface area (Å²) < 4.78 is 15.7. The van der Waals surface area contributed by atoms with Gasteiger partial charge in [0.25, 0.3) is 0 Å². The van der Waals surface area contributed by atoms with Gasteiger partial charge in [-0.3, -0.25) is 0 Å². The minimum Gasteiger partial charge on any atom is -0.318 e. The Hall–Kier alpha value is 0.900. The van der Waals surface area contributed by atoms with Gasteiger partial charge in [-0.2, -0.15) is 4.20 Å². The van der Waals surface area contributed by atoms with Crippen LogP contribution in [0, 0.1) is 0 Å². The van der Waals surface area contributed by atoms with Crippen molar-refractivity contribution in [2.45, 2.75) is 0 Å². The normalized spacial score (nSPS) is 14.1. The molecule has 0 rings (SSSR count). The van der Waals surface area contributed by atoms with Gasteiger partial charge in [0.05, 0.1) is 6.61 Å². The fourth-order valence-electron chi connectivity index (χ4n) is 0.104. The molecule has 0 saturated heterocycles. The molecule has 0 heterocycles. The molecule has 0 fully saturated rings. The van der Waals surface area contributed by atoms with Crippen molar-refractivity contribution in [1.82, 2.24) is 0 Å². The van der Waals surface area contributed by atoms with Crippen LogP contribution in [0.2, 0.25) is 0 Å². The van der Waals surface area contributed by atoms with Crippen molar-refractivity contribution in [3.05, 3.63) is 0 Å². The fraction of sp³-hybridized carbons (Fsp3) is 1.00. The number of hydrogen-bond acceptors (Lipinski definition) is 1. The third-order valence-corrected chi connectivity index (χ3v) is 1.09. The molecule has 1 unspecified atom stereocenters. The molecule has 7 heavy (non-hydrogen) atoms. The van der Waals surface area contributed by atoms with Crippen LogP contribution in [-0.2, 0) is 4.52 Å². The van der Waals surface area contributed by atoms with Gasteiger partial charge in [0.1, 0.15) is 0 Å². The average Bonchev–Trinajstić information content (AvgIpc) is 1.61. The van der Waals surface area contributed by atoms with E-state index in [2.05, 4.69) is 4.52 Å². The first kappa shape index (κ1) is 7.90. The highest BCUT2D eigenvalue weighted by molar-refractivity contribution is 7.75. The predicted molar refractivity (Wildman–Crippen MR) is 30.6 cm³/mol. The standard InChI is InChI=1S/C2H4Cl2FOP/c3-1-2-6-7(4)5/h1-2H2. The van der Waals surface area contributed by atoms with E-state index in [0.29, 0.717) is 0 Å². The summed E-state index contributed by atoms with van der Waals surface area (Å²) in [7, 11) is -2.22. The maximum absolute atomic E-state index is 11.4. The topological polar surface area (TPSA) is 9.23 Å². The van der Waals surface area contributed by atoms with E-state index in [0.717, 1.165) is 0 Å². The van der Waals surface area contributed by atoms with Crippen molar-refractivity contribution in [3.8, 4) is 0 Å². The Balaban J connectivity index is 2.68. The van der Waals surface area contributed by atoms with Crippen LogP contribution < -0.4 is 0 Å². The molecule has 0 aromatic heterocycles. The maximum Gasteiger partial charge on any atom is 0.321 e. The number of rotatable bonds is 3. The summed E-state index contributed by atoms with van der Waals surface area (Å²) in [6.45, 7) is 0.188. The molecule has 0 amide bonds. The first-order valence-electron chi connectivity index (χ1n) is 1.58. The lowest BCUT2D eigenvalue weighted by atomic mass is 10.9. The van der Waals surface area contributed by atoms with Crippen LogP contribution in [0.3, 0.4) is 0 Å². The summed E-state index contributed by atoms with van der Waals surface area (Å²) >= 11 is 9.88. The van der Waals surface area contributed by atoms with Gasteiger partial charge in [-0.25, -0.2) is 0 Å². The van der Waals surface area contributed by atoms with Crippen LogP contribution in [0.15, 0.2) is 0 Å². The Morgan fingerprint density at radius 3 is 2.43 bits per heavy atom. The highest BCUT2D eigenvalue weighted by Gasteiger charge is 1.97. The number of hydrogen-bond donors (Lipinski definition) is 0. The smallest absolute Gasteiger partial charge is 0.318 e. The van der Waals surface area contributed by atoms with E-state index in [-0.39, 0.29) is 12.5 Å². The summed E-state index contributed by atoms with van der Waals surface area (Å²) in [6, 6.07) is 0. The summed E-state index contributed by atoms with van der Waals surface area (Å²) in [6.07, 6.45) is 0. The van der Waals surface area contributed by atoms with Gasteiger partial charge in [0.2, 0.25) is 0 Å². The molecule has 0 aliphatic heterocycles. The van der Waals surface area contributed by atoms with Crippen LogP contribution in [0.25, 0.3) is 0 Å². The van der Waals surface area contributed by atoms with E-state index in [9.17, 15) is 4.20 Å². The lowest BCUT2D eigenvalue weighted by molar-refractivity contribution is 0.369. The zero-order valence-corrected chi connectivity index (χ0v) is 5.81. The molecule has 44 valence electrons. The zero-order valence-electron chi connectivity index (χ0n) is 3.40. The lowest BCUT2D eigenvalue weighted by Crippen LogP contribution is -1.83. The molecule has 0 spiro atoms. The number of halogens is 3. The first-order valence-corrected chi connectivity index (χ1v) is 4.17. The molecule has 0 aromatic rings. The summed E-state index contributed by atoms with van der Waals surface area (Å²) in [5.41, 5.74) is 0. The zero-order chi connectivity index (χ0) is 5.70. The van der Waals surface area contributed by atoms with Crippen LogP contribution in [0.5, 0.6) is 0 Å². The van der Waals surface area contributed by atoms with E-state index >= 15 is 0 Å². The van der Waals surface area contributed by atoms with Crippen LogP contribution in [0.1, 0.15) is 0 Å². The second-order valence-corrected chi connectivity index (χ2v) is 2.56. The van der Waals surface area contributed by atoms with Crippen molar-refractivity contribution >= 4 is 30.7 Å². The molecule has 5 heteroatoms. The van der Waals surface area contributed by atoms with E-state index in [1.807, 2.05) is 0 Å². The third-order valence-electron chi connectivity index (χ3n) is 0.266. The first-order chi connectivity index (χ1) is 3.27. The Bertz CT molecular complexity index is 44.7. The van der Waals surface area contributed by atoms with Crippen LogP contribution in [-0.4, -0.2) is 12.5 Å². The van der Waals surface area contributed by atoms with E-state index in [4.69, 9.17) is 22.8 Å². The second-order valence-electron chi connectivity index (χ2n) is 0.724. The van der Waals surface area contributed by atoms with Gasteiger partial charge in [-0.1, -0.05) is 0 Å².